The van der Waals surface area contributed by atoms with Gasteiger partial charge >= 0.3 is 5.97 Å². The molecule has 2 rings (SSSR count). The van der Waals surface area contributed by atoms with E-state index in [1.807, 2.05) is 24.3 Å². The predicted octanol–water partition coefficient (Wildman–Crippen LogP) is 2.24. The molecule has 1 unspecified atom stereocenters. The minimum absolute atomic E-state index is 0.170. The molecular weight excluding hydrogens is 312 g/mol. The summed E-state index contributed by atoms with van der Waals surface area (Å²) in [6.45, 7) is 0.170. The summed E-state index contributed by atoms with van der Waals surface area (Å²) < 4.78 is 0.892. The first kappa shape index (κ1) is 13.8. The summed E-state index contributed by atoms with van der Waals surface area (Å²) in [5, 5.41) is 22.1. The number of carboxylic acids is 1. The molecular formula is C13H13BrN2O3. The van der Waals surface area contributed by atoms with Crippen molar-refractivity contribution in [3.8, 4) is 0 Å². The van der Waals surface area contributed by atoms with Crippen molar-refractivity contribution in [1.82, 2.24) is 4.98 Å². The number of aliphatic hydroxyl groups is 1. The van der Waals surface area contributed by atoms with Crippen molar-refractivity contribution in [3.63, 3.8) is 0 Å². The number of benzene rings is 1. The van der Waals surface area contributed by atoms with Crippen LogP contribution < -0.4 is 5.32 Å². The van der Waals surface area contributed by atoms with Crippen LogP contribution in [0.3, 0.4) is 0 Å². The molecule has 1 heterocycles. The Balaban J connectivity index is 2.14. The van der Waals surface area contributed by atoms with Gasteiger partial charge in [0.05, 0.1) is 23.7 Å². The van der Waals surface area contributed by atoms with Crippen molar-refractivity contribution >= 4 is 38.5 Å². The molecule has 6 heteroatoms. The van der Waals surface area contributed by atoms with Gasteiger partial charge in [0.2, 0.25) is 0 Å². The topological polar surface area (TPSA) is 82.5 Å². The van der Waals surface area contributed by atoms with E-state index in [4.69, 9.17) is 5.11 Å². The molecule has 100 valence electrons. The Morgan fingerprint density at radius 2 is 2.26 bits per heavy atom. The Kier molecular flexibility index (Phi) is 4.34. The van der Waals surface area contributed by atoms with Gasteiger partial charge in [-0.3, -0.25) is 9.78 Å². The fourth-order valence-electron chi connectivity index (χ4n) is 1.78. The number of nitrogens with zero attached hydrogens (tertiary/aromatic N) is 1. The average Bonchev–Trinajstić information content (AvgIpc) is 2.35. The lowest BCUT2D eigenvalue weighted by Gasteiger charge is -2.12. The van der Waals surface area contributed by atoms with Crippen molar-refractivity contribution < 1.29 is 15.0 Å². The monoisotopic (exact) mass is 324 g/mol. The summed E-state index contributed by atoms with van der Waals surface area (Å²) in [5.74, 6) is -1.02. The molecule has 2 aromatic rings. The quantitative estimate of drug-likeness (QED) is 0.785. The van der Waals surface area contributed by atoms with E-state index < -0.39 is 12.1 Å². The molecule has 0 spiro atoms. The smallest absolute Gasteiger partial charge is 0.306 e. The number of carbonyl (C=O) groups is 1. The van der Waals surface area contributed by atoms with Crippen molar-refractivity contribution in [2.45, 2.75) is 12.5 Å². The zero-order valence-corrected chi connectivity index (χ0v) is 11.6. The molecule has 1 aromatic heterocycles. The fourth-order valence-corrected chi connectivity index (χ4v) is 2.13. The molecule has 1 aromatic carbocycles. The van der Waals surface area contributed by atoms with E-state index >= 15 is 0 Å². The Bertz CT molecular complexity index is 603. The molecule has 0 bridgehead atoms. The van der Waals surface area contributed by atoms with Crippen LogP contribution >= 0.6 is 15.9 Å². The van der Waals surface area contributed by atoms with E-state index in [0.717, 1.165) is 21.1 Å². The molecule has 0 radical (unpaired) electrons. The highest BCUT2D eigenvalue weighted by Gasteiger charge is 2.10. The van der Waals surface area contributed by atoms with Crippen molar-refractivity contribution in [1.29, 1.82) is 0 Å². The molecule has 19 heavy (non-hydrogen) atoms. The zero-order valence-electron chi connectivity index (χ0n) is 10.0. The van der Waals surface area contributed by atoms with Gasteiger partial charge in [0.25, 0.3) is 0 Å². The van der Waals surface area contributed by atoms with Crippen LogP contribution in [0.15, 0.2) is 34.9 Å². The first-order valence-corrected chi connectivity index (χ1v) is 6.53. The third-order valence-corrected chi connectivity index (χ3v) is 3.05. The van der Waals surface area contributed by atoms with Gasteiger partial charge in [-0.25, -0.2) is 0 Å². The molecule has 0 aliphatic rings. The van der Waals surface area contributed by atoms with Crippen LogP contribution in [0, 0.1) is 0 Å². The number of nitrogens with one attached hydrogen (secondary N) is 1. The SMILES string of the molecule is O=C(O)CC(O)CNc1cccc2cc(Br)cnc12. The predicted molar refractivity (Wildman–Crippen MR) is 76.2 cm³/mol. The van der Waals surface area contributed by atoms with Crippen LogP contribution in [-0.4, -0.2) is 33.8 Å². The third-order valence-electron chi connectivity index (χ3n) is 2.62. The molecule has 0 saturated carbocycles. The van der Waals surface area contributed by atoms with Gasteiger partial charge in [-0.1, -0.05) is 12.1 Å². The van der Waals surface area contributed by atoms with Crippen LogP contribution in [0.2, 0.25) is 0 Å². The summed E-state index contributed by atoms with van der Waals surface area (Å²) in [6, 6.07) is 7.60. The largest absolute Gasteiger partial charge is 0.481 e. The van der Waals surface area contributed by atoms with Crippen LogP contribution in [0.25, 0.3) is 10.9 Å². The van der Waals surface area contributed by atoms with Crippen LogP contribution in [0.4, 0.5) is 5.69 Å². The van der Waals surface area contributed by atoms with E-state index in [-0.39, 0.29) is 13.0 Å². The number of pyridine rings is 1. The highest BCUT2D eigenvalue weighted by molar-refractivity contribution is 9.10. The third kappa shape index (κ3) is 3.65. The fraction of sp³-hybridized carbons (Fsp3) is 0.231. The number of aromatic nitrogens is 1. The molecule has 0 amide bonds. The van der Waals surface area contributed by atoms with Crippen molar-refractivity contribution in [2.24, 2.45) is 0 Å². The summed E-state index contributed by atoms with van der Waals surface area (Å²) in [7, 11) is 0. The maximum absolute atomic E-state index is 10.5. The number of carboxylic acid groups (broad SMARTS) is 1. The number of aliphatic carboxylic acids is 1. The number of para-hydroxylation sites is 1. The minimum Gasteiger partial charge on any atom is -0.481 e. The first-order chi connectivity index (χ1) is 9.06. The Hall–Kier alpha value is -1.66. The summed E-state index contributed by atoms with van der Waals surface area (Å²) in [5.41, 5.74) is 1.56. The molecule has 0 saturated heterocycles. The van der Waals surface area contributed by atoms with E-state index in [9.17, 15) is 9.90 Å². The van der Waals surface area contributed by atoms with Gasteiger partial charge < -0.3 is 15.5 Å². The second kappa shape index (κ2) is 5.99. The lowest BCUT2D eigenvalue weighted by atomic mass is 10.2. The minimum atomic E-state index is -1.02. The first-order valence-electron chi connectivity index (χ1n) is 5.74. The summed E-state index contributed by atoms with van der Waals surface area (Å²) >= 11 is 3.36. The Morgan fingerprint density at radius 1 is 1.47 bits per heavy atom. The lowest BCUT2D eigenvalue weighted by molar-refractivity contribution is -0.138. The number of rotatable bonds is 5. The number of anilines is 1. The maximum atomic E-state index is 10.5. The average molecular weight is 325 g/mol. The van der Waals surface area contributed by atoms with E-state index in [1.54, 1.807) is 6.20 Å². The molecule has 1 atom stereocenters. The van der Waals surface area contributed by atoms with Gasteiger partial charge in [-0.05, 0) is 28.1 Å². The molecule has 0 fully saturated rings. The molecule has 5 nitrogen and oxygen atoms in total. The normalized spacial score (nSPS) is 12.3. The molecule has 3 N–H and O–H groups in total. The van der Waals surface area contributed by atoms with Crippen LogP contribution in [0.5, 0.6) is 0 Å². The second-order valence-corrected chi connectivity index (χ2v) is 5.08. The Morgan fingerprint density at radius 3 is 3.00 bits per heavy atom. The van der Waals surface area contributed by atoms with Crippen molar-refractivity contribution in [3.05, 3.63) is 34.9 Å². The van der Waals surface area contributed by atoms with Gasteiger partial charge in [0.15, 0.2) is 0 Å². The lowest BCUT2D eigenvalue weighted by Crippen LogP contribution is -2.22. The number of aliphatic hydroxyl groups excluding tert-OH is 1. The van der Waals surface area contributed by atoms with Gasteiger partial charge in [-0.15, -0.1) is 0 Å². The summed E-state index contributed by atoms with van der Waals surface area (Å²) in [6.07, 6.45) is 0.487. The van der Waals surface area contributed by atoms with Gasteiger partial charge in [-0.2, -0.15) is 0 Å². The van der Waals surface area contributed by atoms with Crippen LogP contribution in [-0.2, 0) is 4.79 Å². The Labute approximate surface area is 118 Å². The van der Waals surface area contributed by atoms with Crippen LogP contribution in [0.1, 0.15) is 6.42 Å². The molecule has 0 aliphatic carbocycles. The maximum Gasteiger partial charge on any atom is 0.306 e. The van der Waals surface area contributed by atoms with E-state index in [2.05, 4.69) is 26.2 Å². The van der Waals surface area contributed by atoms with Gasteiger partial charge in [0, 0.05) is 22.6 Å². The van der Waals surface area contributed by atoms with Gasteiger partial charge in [0.1, 0.15) is 0 Å². The second-order valence-electron chi connectivity index (χ2n) is 4.16. The molecule has 0 aliphatic heterocycles. The highest BCUT2D eigenvalue weighted by Crippen LogP contribution is 2.23. The van der Waals surface area contributed by atoms with E-state index in [0.29, 0.717) is 0 Å². The standard InChI is InChI=1S/C13H13BrN2O3/c14-9-4-8-2-1-3-11(13(8)16-6-9)15-7-10(17)5-12(18)19/h1-4,6,10,15,17H,5,7H2,(H,18,19). The number of halogens is 1. The van der Waals surface area contributed by atoms with Crippen molar-refractivity contribution in [2.75, 3.05) is 11.9 Å². The van der Waals surface area contributed by atoms with E-state index in [1.165, 1.54) is 0 Å². The number of hydrogen-bond acceptors (Lipinski definition) is 4. The highest BCUT2D eigenvalue weighted by atomic mass is 79.9. The number of fused-ring (bicyclic) bond motifs is 1. The zero-order chi connectivity index (χ0) is 13.8. The number of hydrogen-bond donors (Lipinski definition) is 3. The summed E-state index contributed by atoms with van der Waals surface area (Å²) in [4.78, 5) is 14.8.